The van der Waals surface area contributed by atoms with E-state index in [2.05, 4.69) is 9.88 Å². The first kappa shape index (κ1) is 20.6. The Balaban J connectivity index is 1.66. The van der Waals surface area contributed by atoms with Crippen molar-refractivity contribution < 1.29 is 14.3 Å². The minimum Gasteiger partial charge on any atom is -0.385 e. The molecule has 2 saturated heterocycles. The summed E-state index contributed by atoms with van der Waals surface area (Å²) < 4.78 is 5.13. The number of aromatic nitrogens is 1. The highest BCUT2D eigenvalue weighted by molar-refractivity contribution is 5.98. The van der Waals surface area contributed by atoms with Crippen molar-refractivity contribution in [3.63, 3.8) is 0 Å². The summed E-state index contributed by atoms with van der Waals surface area (Å²) in [5, 5.41) is 0. The zero-order chi connectivity index (χ0) is 20.1. The highest BCUT2D eigenvalue weighted by Crippen LogP contribution is 2.41. The van der Waals surface area contributed by atoms with Gasteiger partial charge in [-0.3, -0.25) is 9.59 Å². The van der Waals surface area contributed by atoms with Gasteiger partial charge < -0.3 is 19.4 Å². The van der Waals surface area contributed by atoms with Gasteiger partial charge in [-0.2, -0.15) is 0 Å². The van der Waals surface area contributed by atoms with E-state index in [1.807, 2.05) is 17.0 Å². The fraction of sp³-hybridized carbons (Fsp3) is 0.667. The molecule has 154 valence electrons. The third kappa shape index (κ3) is 4.46. The zero-order valence-electron chi connectivity index (χ0n) is 17.3. The van der Waals surface area contributed by atoms with Crippen molar-refractivity contribution in [2.45, 2.75) is 32.1 Å². The Bertz CT molecular complexity index is 699. The van der Waals surface area contributed by atoms with Gasteiger partial charge in [-0.1, -0.05) is 0 Å². The minimum absolute atomic E-state index is 0.0176. The second-order valence-corrected chi connectivity index (χ2v) is 8.22. The monoisotopic (exact) mass is 388 g/mol. The molecule has 1 spiro atoms. The first-order valence-electron chi connectivity index (χ1n) is 10.1. The van der Waals surface area contributed by atoms with Gasteiger partial charge in [0.05, 0.1) is 5.56 Å². The van der Waals surface area contributed by atoms with Crippen LogP contribution in [0.15, 0.2) is 18.3 Å². The van der Waals surface area contributed by atoms with Crippen molar-refractivity contribution in [3.05, 3.63) is 23.9 Å². The van der Waals surface area contributed by atoms with Crippen LogP contribution in [0.1, 0.15) is 42.5 Å². The molecule has 0 saturated carbocycles. The van der Waals surface area contributed by atoms with Gasteiger partial charge in [0.25, 0.3) is 5.91 Å². The second kappa shape index (κ2) is 8.90. The first-order valence-corrected chi connectivity index (χ1v) is 10.1. The third-order valence-corrected chi connectivity index (χ3v) is 6.07. The standard InChI is InChI=1S/C21H32N4O3/c1-23(2)20(27)17-6-4-11-22-19(17)24-13-9-21(10-14-24)8-7-18(26)25(16-21)12-5-15-28-3/h4,6,11H,5,7-10,12-16H2,1-3H3. The van der Waals surface area contributed by atoms with E-state index in [1.165, 1.54) is 0 Å². The summed E-state index contributed by atoms with van der Waals surface area (Å²) in [7, 11) is 5.23. The Morgan fingerprint density at radius 2 is 2.04 bits per heavy atom. The Hall–Kier alpha value is -2.15. The van der Waals surface area contributed by atoms with Gasteiger partial charge in [-0.25, -0.2) is 4.98 Å². The molecule has 7 heteroatoms. The van der Waals surface area contributed by atoms with Crippen LogP contribution >= 0.6 is 0 Å². The summed E-state index contributed by atoms with van der Waals surface area (Å²) in [5.41, 5.74) is 0.848. The Morgan fingerprint density at radius 1 is 1.29 bits per heavy atom. The molecule has 2 aliphatic heterocycles. The van der Waals surface area contributed by atoms with Crippen molar-refractivity contribution in [3.8, 4) is 0 Å². The zero-order valence-corrected chi connectivity index (χ0v) is 17.3. The average molecular weight is 389 g/mol. The number of likely N-dealkylation sites (tertiary alicyclic amines) is 1. The van der Waals surface area contributed by atoms with E-state index in [1.54, 1.807) is 32.3 Å². The molecule has 0 aromatic carbocycles. The molecule has 3 rings (SSSR count). The smallest absolute Gasteiger partial charge is 0.257 e. The summed E-state index contributed by atoms with van der Waals surface area (Å²) in [6.07, 6.45) is 6.28. The highest BCUT2D eigenvalue weighted by Gasteiger charge is 2.41. The van der Waals surface area contributed by atoms with E-state index in [-0.39, 0.29) is 17.2 Å². The molecule has 0 aliphatic carbocycles. The highest BCUT2D eigenvalue weighted by atomic mass is 16.5. The van der Waals surface area contributed by atoms with Gasteiger partial charge in [-0.15, -0.1) is 0 Å². The quantitative estimate of drug-likeness (QED) is 0.698. The lowest BCUT2D eigenvalue weighted by Gasteiger charge is -2.48. The number of methoxy groups -OCH3 is 1. The molecular formula is C21H32N4O3. The van der Waals surface area contributed by atoms with Gasteiger partial charge in [0.15, 0.2) is 0 Å². The summed E-state index contributed by atoms with van der Waals surface area (Å²) in [5.74, 6) is 1.03. The number of hydrogen-bond acceptors (Lipinski definition) is 5. The van der Waals surface area contributed by atoms with Crippen LogP contribution in [-0.2, 0) is 9.53 Å². The van der Waals surface area contributed by atoms with Crippen molar-refractivity contribution in [2.75, 3.05) is 58.9 Å². The number of anilines is 1. The fourth-order valence-electron chi connectivity index (χ4n) is 4.36. The molecule has 2 amide bonds. The van der Waals surface area contributed by atoms with Gasteiger partial charge in [-0.05, 0) is 43.2 Å². The van der Waals surface area contributed by atoms with Crippen molar-refractivity contribution in [2.24, 2.45) is 5.41 Å². The fourth-order valence-corrected chi connectivity index (χ4v) is 4.36. The lowest BCUT2D eigenvalue weighted by Crippen LogP contribution is -2.52. The largest absolute Gasteiger partial charge is 0.385 e. The normalized spacial score (nSPS) is 19.2. The molecule has 0 bridgehead atoms. The van der Waals surface area contributed by atoms with E-state index in [9.17, 15) is 9.59 Å². The topological polar surface area (TPSA) is 66.0 Å². The van der Waals surface area contributed by atoms with E-state index >= 15 is 0 Å². The molecule has 1 aromatic rings. The lowest BCUT2D eigenvalue weighted by atomic mass is 9.72. The summed E-state index contributed by atoms with van der Waals surface area (Å²) in [6.45, 7) is 4.04. The summed E-state index contributed by atoms with van der Waals surface area (Å²) >= 11 is 0. The summed E-state index contributed by atoms with van der Waals surface area (Å²) in [4.78, 5) is 35.2. The number of carbonyl (C=O) groups excluding carboxylic acids is 2. The van der Waals surface area contributed by atoms with Gasteiger partial charge >= 0.3 is 0 Å². The number of rotatable bonds is 6. The molecule has 28 heavy (non-hydrogen) atoms. The Labute approximate surface area is 167 Å². The molecule has 0 radical (unpaired) electrons. The van der Waals surface area contributed by atoms with E-state index in [0.29, 0.717) is 18.6 Å². The van der Waals surface area contributed by atoms with Gasteiger partial charge in [0.1, 0.15) is 5.82 Å². The van der Waals surface area contributed by atoms with Crippen LogP contribution in [0.4, 0.5) is 5.82 Å². The minimum atomic E-state index is -0.0176. The van der Waals surface area contributed by atoms with Crippen LogP contribution in [0, 0.1) is 5.41 Å². The number of pyridine rings is 1. The van der Waals surface area contributed by atoms with Crippen LogP contribution in [0.3, 0.4) is 0 Å². The van der Waals surface area contributed by atoms with Crippen LogP contribution in [0.5, 0.6) is 0 Å². The van der Waals surface area contributed by atoms with Gasteiger partial charge in [0, 0.05) is 66.6 Å². The number of carbonyl (C=O) groups is 2. The number of nitrogens with zero attached hydrogens (tertiary/aromatic N) is 4. The SMILES string of the molecule is COCCCN1CC2(CCC1=O)CCN(c1ncccc1C(=O)N(C)C)CC2. The molecule has 2 aliphatic rings. The predicted molar refractivity (Wildman–Crippen MR) is 108 cm³/mol. The number of hydrogen-bond donors (Lipinski definition) is 0. The molecule has 1 aromatic heterocycles. The molecule has 0 unspecified atom stereocenters. The first-order chi connectivity index (χ1) is 13.5. The van der Waals surface area contributed by atoms with Crippen LogP contribution in [0.2, 0.25) is 0 Å². The molecule has 3 heterocycles. The van der Waals surface area contributed by atoms with Crippen molar-refractivity contribution in [1.29, 1.82) is 0 Å². The maximum atomic E-state index is 12.5. The molecule has 7 nitrogen and oxygen atoms in total. The molecule has 0 N–H and O–H groups in total. The predicted octanol–water partition coefficient (Wildman–Crippen LogP) is 2.03. The van der Waals surface area contributed by atoms with E-state index in [4.69, 9.17) is 4.74 Å². The van der Waals surface area contributed by atoms with Crippen molar-refractivity contribution in [1.82, 2.24) is 14.8 Å². The van der Waals surface area contributed by atoms with Crippen LogP contribution < -0.4 is 4.90 Å². The van der Waals surface area contributed by atoms with E-state index < -0.39 is 0 Å². The molecule has 0 atom stereocenters. The maximum Gasteiger partial charge on any atom is 0.257 e. The number of ether oxygens (including phenoxy) is 1. The van der Waals surface area contributed by atoms with Crippen molar-refractivity contribution >= 4 is 17.6 Å². The number of piperidine rings is 2. The molecule has 2 fully saturated rings. The van der Waals surface area contributed by atoms with Gasteiger partial charge in [0.2, 0.25) is 5.91 Å². The second-order valence-electron chi connectivity index (χ2n) is 8.22. The Kier molecular flexibility index (Phi) is 6.54. The molecular weight excluding hydrogens is 356 g/mol. The van der Waals surface area contributed by atoms with E-state index in [0.717, 1.165) is 57.7 Å². The van der Waals surface area contributed by atoms with Crippen LogP contribution in [-0.4, -0.2) is 80.6 Å². The maximum absolute atomic E-state index is 12.5. The third-order valence-electron chi connectivity index (χ3n) is 6.07. The number of amides is 2. The Morgan fingerprint density at radius 3 is 2.71 bits per heavy atom. The average Bonchev–Trinajstić information content (AvgIpc) is 2.71. The van der Waals surface area contributed by atoms with Crippen LogP contribution in [0.25, 0.3) is 0 Å². The lowest BCUT2D eigenvalue weighted by molar-refractivity contribution is -0.138. The summed E-state index contributed by atoms with van der Waals surface area (Å²) in [6, 6.07) is 3.67.